The van der Waals surface area contributed by atoms with Gasteiger partial charge in [0.25, 0.3) is 0 Å². The van der Waals surface area contributed by atoms with Crippen molar-refractivity contribution in [3.63, 3.8) is 0 Å². The first-order valence-corrected chi connectivity index (χ1v) is 9.43. The van der Waals surface area contributed by atoms with Gasteiger partial charge in [-0.3, -0.25) is 4.99 Å². The van der Waals surface area contributed by atoms with Crippen molar-refractivity contribution in [2.24, 2.45) is 16.3 Å². The van der Waals surface area contributed by atoms with Crippen LogP contribution in [0.15, 0.2) is 4.99 Å². The van der Waals surface area contributed by atoms with Crippen molar-refractivity contribution < 1.29 is 0 Å². The van der Waals surface area contributed by atoms with Gasteiger partial charge >= 0.3 is 0 Å². The summed E-state index contributed by atoms with van der Waals surface area (Å²) in [6.07, 6.45) is 9.69. The molecule has 2 aliphatic heterocycles. The summed E-state index contributed by atoms with van der Waals surface area (Å²) in [4.78, 5) is 9.93. The maximum Gasteiger partial charge on any atom is 0.193 e. The van der Waals surface area contributed by atoms with Crippen LogP contribution in [0.2, 0.25) is 0 Å². The number of piperidine rings is 1. The van der Waals surface area contributed by atoms with E-state index in [-0.39, 0.29) is 24.0 Å². The molecule has 3 aliphatic rings. The Bertz CT molecular complexity index is 386. The Hall–Kier alpha value is -0.0400. The van der Waals surface area contributed by atoms with Gasteiger partial charge in [0, 0.05) is 26.2 Å². The SMILES string of the molecule is CCNC(=NCCC1CCN(C)CC1)N1CCC2(CCC2)C1.I. The van der Waals surface area contributed by atoms with E-state index in [9.17, 15) is 0 Å². The summed E-state index contributed by atoms with van der Waals surface area (Å²) < 4.78 is 0. The second-order valence-corrected chi connectivity index (χ2v) is 7.80. The Kier molecular flexibility index (Phi) is 7.45. The number of hydrogen-bond donors (Lipinski definition) is 1. The highest BCUT2D eigenvalue weighted by Gasteiger charge is 2.43. The van der Waals surface area contributed by atoms with Crippen LogP contribution >= 0.6 is 24.0 Å². The van der Waals surface area contributed by atoms with Crippen LogP contribution in [0.4, 0.5) is 0 Å². The molecule has 0 aromatic heterocycles. The van der Waals surface area contributed by atoms with E-state index in [1.165, 1.54) is 77.1 Å². The fraction of sp³-hybridized carbons (Fsp3) is 0.944. The molecular weight excluding hydrogens is 399 g/mol. The van der Waals surface area contributed by atoms with Crippen LogP contribution < -0.4 is 5.32 Å². The highest BCUT2D eigenvalue weighted by atomic mass is 127. The summed E-state index contributed by atoms with van der Waals surface area (Å²) in [6.45, 7) is 9.15. The van der Waals surface area contributed by atoms with Crippen LogP contribution in [0, 0.1) is 11.3 Å². The molecule has 2 heterocycles. The largest absolute Gasteiger partial charge is 0.357 e. The Labute approximate surface area is 159 Å². The molecular formula is C18H35IN4. The van der Waals surface area contributed by atoms with Crippen molar-refractivity contribution in [1.29, 1.82) is 0 Å². The molecule has 134 valence electrons. The predicted octanol–water partition coefficient (Wildman–Crippen LogP) is 3.18. The second kappa shape index (κ2) is 8.88. The number of hydrogen-bond acceptors (Lipinski definition) is 2. The summed E-state index contributed by atoms with van der Waals surface area (Å²) in [7, 11) is 2.24. The quantitative estimate of drug-likeness (QED) is 0.419. The Balaban J connectivity index is 0.00000192. The lowest BCUT2D eigenvalue weighted by Crippen LogP contribution is -2.42. The number of rotatable bonds is 4. The van der Waals surface area contributed by atoms with E-state index in [0.717, 1.165) is 19.0 Å². The molecule has 1 saturated carbocycles. The summed E-state index contributed by atoms with van der Waals surface area (Å²) in [5, 5.41) is 3.52. The van der Waals surface area contributed by atoms with Gasteiger partial charge in [0.2, 0.25) is 0 Å². The first-order chi connectivity index (χ1) is 10.7. The minimum Gasteiger partial charge on any atom is -0.357 e. The summed E-state index contributed by atoms with van der Waals surface area (Å²) in [5.41, 5.74) is 0.657. The van der Waals surface area contributed by atoms with Crippen LogP contribution in [-0.2, 0) is 0 Å². The van der Waals surface area contributed by atoms with E-state index in [0.29, 0.717) is 5.41 Å². The number of halogens is 1. The number of likely N-dealkylation sites (tertiary alicyclic amines) is 2. The zero-order chi connectivity index (χ0) is 15.4. The lowest BCUT2D eigenvalue weighted by Gasteiger charge is -2.38. The van der Waals surface area contributed by atoms with E-state index in [2.05, 4.69) is 29.1 Å². The van der Waals surface area contributed by atoms with Crippen molar-refractivity contribution in [3.05, 3.63) is 0 Å². The molecule has 2 saturated heterocycles. The Morgan fingerprint density at radius 1 is 1.17 bits per heavy atom. The molecule has 1 aliphatic carbocycles. The first-order valence-electron chi connectivity index (χ1n) is 9.43. The van der Waals surface area contributed by atoms with E-state index in [1.807, 2.05) is 0 Å². The molecule has 3 rings (SSSR count). The van der Waals surface area contributed by atoms with Crippen molar-refractivity contribution >= 4 is 29.9 Å². The van der Waals surface area contributed by atoms with Gasteiger partial charge in [-0.1, -0.05) is 6.42 Å². The minimum absolute atomic E-state index is 0. The third-order valence-corrected chi connectivity index (χ3v) is 6.12. The van der Waals surface area contributed by atoms with Gasteiger partial charge in [0.1, 0.15) is 0 Å². The molecule has 1 N–H and O–H groups in total. The third-order valence-electron chi connectivity index (χ3n) is 6.12. The molecule has 0 radical (unpaired) electrons. The molecule has 0 bridgehead atoms. The number of nitrogens with zero attached hydrogens (tertiary/aromatic N) is 3. The van der Waals surface area contributed by atoms with E-state index in [4.69, 9.17) is 4.99 Å². The summed E-state index contributed by atoms with van der Waals surface area (Å²) >= 11 is 0. The van der Waals surface area contributed by atoms with Crippen molar-refractivity contribution in [2.45, 2.75) is 51.9 Å². The lowest BCUT2D eigenvalue weighted by atomic mass is 9.68. The molecule has 3 fully saturated rings. The topological polar surface area (TPSA) is 30.9 Å². The molecule has 1 spiro atoms. The van der Waals surface area contributed by atoms with Crippen LogP contribution in [0.25, 0.3) is 0 Å². The van der Waals surface area contributed by atoms with Gasteiger partial charge in [-0.05, 0) is 76.9 Å². The van der Waals surface area contributed by atoms with Crippen molar-refractivity contribution in [3.8, 4) is 0 Å². The van der Waals surface area contributed by atoms with Gasteiger partial charge in [-0.2, -0.15) is 0 Å². The molecule has 0 unspecified atom stereocenters. The normalized spacial score (nSPS) is 25.3. The Morgan fingerprint density at radius 3 is 2.48 bits per heavy atom. The van der Waals surface area contributed by atoms with Crippen molar-refractivity contribution in [1.82, 2.24) is 15.1 Å². The average molecular weight is 434 g/mol. The fourth-order valence-electron chi connectivity index (χ4n) is 4.33. The van der Waals surface area contributed by atoms with Crippen LogP contribution in [0.5, 0.6) is 0 Å². The van der Waals surface area contributed by atoms with Crippen LogP contribution in [0.1, 0.15) is 51.9 Å². The molecule has 23 heavy (non-hydrogen) atoms. The Morgan fingerprint density at radius 2 is 1.91 bits per heavy atom. The van der Waals surface area contributed by atoms with Crippen molar-refractivity contribution in [2.75, 3.05) is 46.3 Å². The summed E-state index contributed by atoms with van der Waals surface area (Å²) in [5.74, 6) is 2.07. The first kappa shape index (κ1) is 19.3. The smallest absolute Gasteiger partial charge is 0.193 e. The van der Waals surface area contributed by atoms with E-state index >= 15 is 0 Å². The van der Waals surface area contributed by atoms with E-state index in [1.54, 1.807) is 0 Å². The van der Waals surface area contributed by atoms with E-state index < -0.39 is 0 Å². The van der Waals surface area contributed by atoms with Gasteiger partial charge in [-0.25, -0.2) is 0 Å². The van der Waals surface area contributed by atoms with Crippen LogP contribution in [0.3, 0.4) is 0 Å². The standard InChI is InChI=1S/C18H34N4.HI/c1-3-19-17(22-14-10-18(15-22)8-4-9-18)20-11-5-16-6-12-21(2)13-7-16;/h16H,3-15H2,1-2H3,(H,19,20);1H. The molecule has 0 atom stereocenters. The molecule has 0 aromatic rings. The predicted molar refractivity (Wildman–Crippen MR) is 109 cm³/mol. The molecule has 5 heteroatoms. The average Bonchev–Trinajstić information content (AvgIpc) is 2.94. The number of aliphatic imine (C=N–C) groups is 1. The maximum atomic E-state index is 4.95. The zero-order valence-electron chi connectivity index (χ0n) is 15.0. The summed E-state index contributed by atoms with van der Waals surface area (Å²) in [6, 6.07) is 0. The van der Waals surface area contributed by atoms with Gasteiger partial charge in [0.05, 0.1) is 0 Å². The maximum absolute atomic E-state index is 4.95. The fourth-order valence-corrected chi connectivity index (χ4v) is 4.33. The molecule has 0 aromatic carbocycles. The lowest BCUT2D eigenvalue weighted by molar-refractivity contribution is 0.151. The number of guanidine groups is 1. The zero-order valence-corrected chi connectivity index (χ0v) is 17.3. The van der Waals surface area contributed by atoms with Crippen LogP contribution in [-0.4, -0.2) is 62.1 Å². The van der Waals surface area contributed by atoms with Gasteiger partial charge in [-0.15, -0.1) is 24.0 Å². The van der Waals surface area contributed by atoms with Gasteiger partial charge in [0.15, 0.2) is 5.96 Å². The minimum atomic E-state index is 0. The molecule has 4 nitrogen and oxygen atoms in total. The highest BCUT2D eigenvalue weighted by Crippen LogP contribution is 2.47. The third kappa shape index (κ3) is 4.97. The van der Waals surface area contributed by atoms with Gasteiger partial charge < -0.3 is 15.1 Å². The second-order valence-electron chi connectivity index (χ2n) is 7.80. The number of nitrogens with one attached hydrogen (secondary N) is 1. The highest BCUT2D eigenvalue weighted by molar-refractivity contribution is 14.0. The monoisotopic (exact) mass is 434 g/mol. The molecule has 0 amide bonds.